The van der Waals surface area contributed by atoms with E-state index in [9.17, 15) is 4.79 Å². The van der Waals surface area contributed by atoms with Crippen molar-refractivity contribution in [2.45, 2.75) is 12.8 Å². The van der Waals surface area contributed by atoms with Crippen LogP contribution in [0.25, 0.3) is 21.3 Å². The zero-order valence-corrected chi connectivity index (χ0v) is 14.7. The molecule has 1 N–H and O–H groups in total. The van der Waals surface area contributed by atoms with Gasteiger partial charge in [-0.25, -0.2) is 9.97 Å². The van der Waals surface area contributed by atoms with Crippen molar-refractivity contribution in [3.05, 3.63) is 41.0 Å². The highest BCUT2D eigenvalue weighted by Crippen LogP contribution is 2.36. The van der Waals surface area contributed by atoms with Crippen LogP contribution in [0.1, 0.15) is 12.8 Å². The fourth-order valence-electron chi connectivity index (χ4n) is 2.39. The van der Waals surface area contributed by atoms with Gasteiger partial charge in [0, 0.05) is 28.9 Å². The first-order valence-corrected chi connectivity index (χ1v) is 8.73. The average molecular weight is 362 g/mol. The molecule has 2 aromatic heterocycles. The Morgan fingerprint density at radius 2 is 2.08 bits per heavy atom. The van der Waals surface area contributed by atoms with E-state index < -0.39 is 0 Å². The van der Waals surface area contributed by atoms with Crippen molar-refractivity contribution in [3.63, 3.8) is 0 Å². The molecule has 0 radical (unpaired) electrons. The van der Waals surface area contributed by atoms with Gasteiger partial charge in [0.05, 0.1) is 12.5 Å². The van der Waals surface area contributed by atoms with Gasteiger partial charge in [-0.2, -0.15) is 0 Å². The number of carbonyl (C=O) groups is 1. The highest BCUT2D eigenvalue weighted by atomic mass is 35.5. The van der Waals surface area contributed by atoms with Gasteiger partial charge in [0.25, 0.3) is 0 Å². The van der Waals surface area contributed by atoms with Crippen LogP contribution in [-0.2, 0) is 9.53 Å². The van der Waals surface area contributed by atoms with Crippen molar-refractivity contribution < 1.29 is 9.53 Å². The number of fused-ring (bicyclic) bond motifs is 1. The van der Waals surface area contributed by atoms with Gasteiger partial charge in [0.15, 0.2) is 0 Å². The first kappa shape index (κ1) is 16.7. The molecule has 7 heteroatoms. The molecule has 24 heavy (non-hydrogen) atoms. The largest absolute Gasteiger partial charge is 0.469 e. The number of esters is 1. The summed E-state index contributed by atoms with van der Waals surface area (Å²) in [6, 6.07) is 7.71. The monoisotopic (exact) mass is 361 g/mol. The molecule has 1 aromatic carbocycles. The molecule has 124 valence electrons. The lowest BCUT2D eigenvalue weighted by Crippen LogP contribution is -2.08. The van der Waals surface area contributed by atoms with Gasteiger partial charge in [0.2, 0.25) is 0 Å². The van der Waals surface area contributed by atoms with E-state index in [1.165, 1.54) is 7.11 Å². The van der Waals surface area contributed by atoms with E-state index in [2.05, 4.69) is 25.4 Å². The van der Waals surface area contributed by atoms with E-state index in [1.54, 1.807) is 17.7 Å². The topological polar surface area (TPSA) is 64.1 Å². The summed E-state index contributed by atoms with van der Waals surface area (Å²) >= 11 is 7.55. The van der Waals surface area contributed by atoms with Crippen LogP contribution >= 0.6 is 22.9 Å². The van der Waals surface area contributed by atoms with Crippen LogP contribution in [0.4, 0.5) is 5.82 Å². The number of methoxy groups -OCH3 is 1. The second-order valence-corrected chi connectivity index (χ2v) is 6.46. The van der Waals surface area contributed by atoms with Crippen molar-refractivity contribution in [3.8, 4) is 11.1 Å². The zero-order valence-electron chi connectivity index (χ0n) is 13.1. The zero-order chi connectivity index (χ0) is 16.9. The van der Waals surface area contributed by atoms with Gasteiger partial charge in [0.1, 0.15) is 17.0 Å². The minimum atomic E-state index is -0.206. The molecule has 3 aromatic rings. The molecule has 2 heterocycles. The third kappa shape index (κ3) is 3.66. The summed E-state index contributed by atoms with van der Waals surface area (Å²) in [6.07, 6.45) is 2.61. The Balaban J connectivity index is 1.84. The average Bonchev–Trinajstić information content (AvgIpc) is 3.04. The van der Waals surface area contributed by atoms with Crippen molar-refractivity contribution in [2.75, 3.05) is 19.0 Å². The third-order valence-electron chi connectivity index (χ3n) is 3.60. The third-order valence-corrected chi connectivity index (χ3v) is 4.74. The summed E-state index contributed by atoms with van der Waals surface area (Å²) in [5, 5.41) is 7.06. The molecule has 0 atom stereocenters. The highest BCUT2D eigenvalue weighted by Gasteiger charge is 2.13. The molecule has 0 aliphatic carbocycles. The highest BCUT2D eigenvalue weighted by molar-refractivity contribution is 7.17. The molecule has 0 unspecified atom stereocenters. The smallest absolute Gasteiger partial charge is 0.305 e. The number of nitrogens with zero attached hydrogens (tertiary/aromatic N) is 2. The Hall–Kier alpha value is -2.18. The summed E-state index contributed by atoms with van der Waals surface area (Å²) < 4.78 is 4.65. The number of nitrogens with one attached hydrogen (secondary N) is 1. The van der Waals surface area contributed by atoms with Gasteiger partial charge < -0.3 is 10.1 Å². The fourth-order valence-corrected chi connectivity index (χ4v) is 3.43. The van der Waals surface area contributed by atoms with E-state index >= 15 is 0 Å². The Labute approximate surface area is 148 Å². The lowest BCUT2D eigenvalue weighted by molar-refractivity contribution is -0.140. The molecule has 0 amide bonds. The Morgan fingerprint density at radius 1 is 1.29 bits per heavy atom. The maximum Gasteiger partial charge on any atom is 0.305 e. The van der Waals surface area contributed by atoms with Gasteiger partial charge in [-0.3, -0.25) is 4.79 Å². The normalized spacial score (nSPS) is 10.8. The van der Waals surface area contributed by atoms with Crippen LogP contribution in [0.2, 0.25) is 5.02 Å². The van der Waals surface area contributed by atoms with E-state index in [0.29, 0.717) is 24.4 Å². The van der Waals surface area contributed by atoms with Crippen LogP contribution in [0, 0.1) is 0 Å². The molecule has 0 saturated heterocycles. The minimum Gasteiger partial charge on any atom is -0.469 e. The summed E-state index contributed by atoms with van der Waals surface area (Å²) in [4.78, 5) is 20.8. The van der Waals surface area contributed by atoms with Crippen LogP contribution in [0.5, 0.6) is 0 Å². The standard InChI is InChI=1S/C17H16ClN3O2S/c1-23-14(22)3-2-8-19-16-15-13(9-24-17(15)21-10-20-16)11-4-6-12(18)7-5-11/h4-7,9-10H,2-3,8H2,1H3,(H,19,20,21). The van der Waals surface area contributed by atoms with Crippen LogP contribution in [-0.4, -0.2) is 29.6 Å². The maximum atomic E-state index is 11.2. The second kappa shape index (κ2) is 7.59. The summed E-state index contributed by atoms with van der Waals surface area (Å²) in [5.74, 6) is 0.568. The Morgan fingerprint density at radius 3 is 2.83 bits per heavy atom. The van der Waals surface area contributed by atoms with Gasteiger partial charge >= 0.3 is 5.97 Å². The SMILES string of the molecule is COC(=O)CCCNc1ncnc2scc(-c3ccc(Cl)cc3)c12. The number of hydrogen-bond acceptors (Lipinski definition) is 6. The number of aromatic nitrogens is 2. The fraction of sp³-hybridized carbons (Fsp3) is 0.235. The predicted molar refractivity (Wildman–Crippen MR) is 97.6 cm³/mol. The van der Waals surface area contributed by atoms with Crippen LogP contribution in [0.3, 0.4) is 0 Å². The number of benzene rings is 1. The van der Waals surface area contributed by atoms with Gasteiger partial charge in [-0.1, -0.05) is 23.7 Å². The lowest BCUT2D eigenvalue weighted by atomic mass is 10.1. The molecular formula is C17H16ClN3O2S. The number of halogens is 1. The van der Waals surface area contributed by atoms with Crippen molar-refractivity contribution in [1.29, 1.82) is 0 Å². The number of ether oxygens (including phenoxy) is 1. The van der Waals surface area contributed by atoms with E-state index in [1.807, 2.05) is 24.3 Å². The van der Waals surface area contributed by atoms with Gasteiger partial charge in [-0.05, 0) is 24.1 Å². The van der Waals surface area contributed by atoms with Crippen molar-refractivity contribution in [2.24, 2.45) is 0 Å². The Kier molecular flexibility index (Phi) is 5.27. The number of anilines is 1. The predicted octanol–water partition coefficient (Wildman–Crippen LogP) is 4.38. The molecule has 0 saturated carbocycles. The first-order chi connectivity index (χ1) is 11.7. The maximum absolute atomic E-state index is 11.2. The van der Waals surface area contributed by atoms with E-state index in [0.717, 1.165) is 27.2 Å². The molecular weight excluding hydrogens is 346 g/mol. The van der Waals surface area contributed by atoms with E-state index in [-0.39, 0.29) is 5.97 Å². The van der Waals surface area contributed by atoms with Crippen LogP contribution < -0.4 is 5.32 Å². The number of rotatable bonds is 6. The Bertz CT molecular complexity index is 849. The van der Waals surface area contributed by atoms with Crippen molar-refractivity contribution >= 4 is 44.9 Å². The number of thiophene rings is 1. The molecule has 0 fully saturated rings. The molecule has 0 spiro atoms. The summed E-state index contributed by atoms with van der Waals surface area (Å²) in [7, 11) is 1.40. The van der Waals surface area contributed by atoms with E-state index in [4.69, 9.17) is 11.6 Å². The molecule has 0 aliphatic heterocycles. The minimum absolute atomic E-state index is 0.206. The molecule has 5 nitrogen and oxygen atoms in total. The quantitative estimate of drug-likeness (QED) is 0.521. The summed E-state index contributed by atoms with van der Waals surface area (Å²) in [6.45, 7) is 0.636. The van der Waals surface area contributed by atoms with Crippen LogP contribution in [0.15, 0.2) is 36.0 Å². The molecule has 3 rings (SSSR count). The summed E-state index contributed by atoms with van der Waals surface area (Å²) in [5.41, 5.74) is 2.14. The van der Waals surface area contributed by atoms with Gasteiger partial charge in [-0.15, -0.1) is 11.3 Å². The lowest BCUT2D eigenvalue weighted by Gasteiger charge is -2.08. The number of carbonyl (C=O) groups excluding carboxylic acids is 1. The first-order valence-electron chi connectivity index (χ1n) is 7.48. The van der Waals surface area contributed by atoms with Crippen molar-refractivity contribution in [1.82, 2.24) is 9.97 Å². The number of hydrogen-bond donors (Lipinski definition) is 1. The molecule has 0 bridgehead atoms. The second-order valence-electron chi connectivity index (χ2n) is 5.17. The molecule has 0 aliphatic rings.